The third kappa shape index (κ3) is 4.85. The molecule has 0 radical (unpaired) electrons. The average molecular weight is 470 g/mol. The molecule has 3 N–H and O–H groups in total. The zero-order valence-corrected chi connectivity index (χ0v) is 20.2. The number of benzene rings is 2. The van der Waals surface area contributed by atoms with Gasteiger partial charge in [0.25, 0.3) is 0 Å². The summed E-state index contributed by atoms with van der Waals surface area (Å²) in [5, 5.41) is 6.62. The van der Waals surface area contributed by atoms with E-state index < -0.39 is 0 Å². The Bertz CT molecular complexity index is 1250. The second-order valence-corrected chi connectivity index (χ2v) is 10.1. The molecule has 3 aromatic rings. The molecule has 7 heteroatoms. The van der Waals surface area contributed by atoms with Crippen LogP contribution in [-0.2, 0) is 16.0 Å². The first-order valence-corrected chi connectivity index (χ1v) is 12.1. The van der Waals surface area contributed by atoms with Crippen LogP contribution in [-0.4, -0.2) is 34.7 Å². The molecule has 0 saturated heterocycles. The number of rotatable bonds is 6. The van der Waals surface area contributed by atoms with Crippen LogP contribution in [0.5, 0.6) is 0 Å². The minimum atomic E-state index is -0.357. The number of nitrogens with zero attached hydrogens (tertiary/aromatic N) is 2. The summed E-state index contributed by atoms with van der Waals surface area (Å²) >= 11 is 0. The molecule has 5 rings (SSSR count). The average Bonchev–Trinajstić information content (AvgIpc) is 3.30. The van der Waals surface area contributed by atoms with E-state index in [2.05, 4.69) is 39.3 Å². The monoisotopic (exact) mass is 469 g/mol. The van der Waals surface area contributed by atoms with Gasteiger partial charge in [0, 0.05) is 42.5 Å². The number of aromatic amines is 1. The summed E-state index contributed by atoms with van der Waals surface area (Å²) in [7, 11) is 0. The highest BCUT2D eigenvalue weighted by molar-refractivity contribution is 6.01. The van der Waals surface area contributed by atoms with Gasteiger partial charge in [0.15, 0.2) is 5.78 Å². The van der Waals surface area contributed by atoms with Gasteiger partial charge in [-0.3, -0.25) is 9.59 Å². The van der Waals surface area contributed by atoms with Crippen LogP contribution in [0.4, 0.5) is 11.4 Å². The summed E-state index contributed by atoms with van der Waals surface area (Å²) in [6.45, 7) is 4.91. The van der Waals surface area contributed by atoms with Crippen LogP contribution < -0.4 is 15.5 Å². The lowest BCUT2D eigenvalue weighted by Gasteiger charge is -2.37. The van der Waals surface area contributed by atoms with Gasteiger partial charge in [-0.25, -0.2) is 4.98 Å². The van der Waals surface area contributed by atoms with Crippen molar-refractivity contribution in [2.45, 2.75) is 39.2 Å². The van der Waals surface area contributed by atoms with E-state index in [1.165, 1.54) is 0 Å². The number of aromatic nitrogens is 2. The first kappa shape index (κ1) is 22.9. The molecule has 2 heterocycles. The Balaban J connectivity index is 1.53. The predicted octanol–water partition coefficient (Wildman–Crippen LogP) is 4.39. The van der Waals surface area contributed by atoms with Gasteiger partial charge in [0.05, 0.1) is 30.3 Å². The van der Waals surface area contributed by atoms with Crippen molar-refractivity contribution in [2.75, 3.05) is 23.3 Å². The van der Waals surface area contributed by atoms with E-state index in [1.54, 1.807) is 12.5 Å². The molecule has 0 spiro atoms. The molecule has 1 aliphatic heterocycles. The number of anilines is 2. The number of ketones is 1. The third-order valence-electron chi connectivity index (χ3n) is 6.70. The molecule has 0 saturated carbocycles. The smallest absolute Gasteiger partial charge is 0.239 e. The van der Waals surface area contributed by atoms with Gasteiger partial charge in [-0.15, -0.1) is 0 Å². The Morgan fingerprint density at radius 1 is 1.11 bits per heavy atom. The molecule has 2 aliphatic rings. The van der Waals surface area contributed by atoms with Gasteiger partial charge in [0.1, 0.15) is 0 Å². The Hall–Kier alpha value is -3.87. The van der Waals surface area contributed by atoms with E-state index in [1.807, 2.05) is 54.6 Å². The van der Waals surface area contributed by atoms with Crippen molar-refractivity contribution in [2.24, 2.45) is 5.41 Å². The predicted molar refractivity (Wildman–Crippen MR) is 137 cm³/mol. The highest BCUT2D eigenvalue weighted by Crippen LogP contribution is 2.48. The maximum absolute atomic E-state index is 13.6. The Morgan fingerprint density at radius 2 is 1.89 bits per heavy atom. The topological polar surface area (TPSA) is 90.1 Å². The number of carbonyl (C=O) groups is 2. The number of carbonyl (C=O) groups excluding carboxylic acids is 2. The number of fused-ring (bicyclic) bond motifs is 1. The first-order chi connectivity index (χ1) is 16.9. The SMILES string of the molecule is CC1(C)CC(=O)C2=C(C1)Nc1ccccc1N(CC(=O)NCCc1cnc[nH]1)C2c1ccccc1. The van der Waals surface area contributed by atoms with Crippen molar-refractivity contribution in [1.29, 1.82) is 0 Å². The highest BCUT2D eigenvalue weighted by Gasteiger charge is 2.41. The molecule has 35 heavy (non-hydrogen) atoms. The minimum Gasteiger partial charge on any atom is -0.357 e. The fraction of sp³-hybridized carbons (Fsp3) is 0.321. The molecule has 0 bridgehead atoms. The highest BCUT2D eigenvalue weighted by atomic mass is 16.2. The standard InChI is InChI=1S/C28H31N5O2/c1-28(2)14-22-26(24(34)15-28)27(19-8-4-3-5-9-19)33(23-11-7-6-10-21(23)32-22)17-25(35)30-13-12-20-16-29-18-31-20/h3-11,16,18,27,32H,12-15,17H2,1-2H3,(H,29,31)(H,30,35). The van der Waals surface area contributed by atoms with Gasteiger partial charge in [-0.2, -0.15) is 0 Å². The number of amides is 1. The van der Waals surface area contributed by atoms with E-state index in [0.29, 0.717) is 19.4 Å². The summed E-state index contributed by atoms with van der Waals surface area (Å²) < 4.78 is 0. The van der Waals surface area contributed by atoms with Crippen LogP contribution in [0, 0.1) is 5.41 Å². The number of Topliss-reactive ketones (excluding diaryl/α,β-unsaturated/α-hetero) is 1. The van der Waals surface area contributed by atoms with Gasteiger partial charge >= 0.3 is 0 Å². The molecule has 0 fully saturated rings. The van der Waals surface area contributed by atoms with Gasteiger partial charge in [-0.05, 0) is 29.5 Å². The van der Waals surface area contributed by atoms with Gasteiger partial charge < -0.3 is 20.5 Å². The Labute approximate surface area is 205 Å². The lowest BCUT2D eigenvalue weighted by atomic mass is 9.73. The van der Waals surface area contributed by atoms with Crippen LogP contribution >= 0.6 is 0 Å². The second kappa shape index (κ2) is 9.41. The maximum Gasteiger partial charge on any atom is 0.239 e. The quantitative estimate of drug-likeness (QED) is 0.498. The molecule has 1 amide bonds. The summed E-state index contributed by atoms with van der Waals surface area (Å²) in [6, 6.07) is 17.7. The fourth-order valence-corrected chi connectivity index (χ4v) is 5.18. The van der Waals surface area contributed by atoms with Crippen molar-refractivity contribution >= 4 is 23.1 Å². The molecule has 2 aromatic carbocycles. The number of H-pyrrole nitrogens is 1. The maximum atomic E-state index is 13.6. The zero-order chi connectivity index (χ0) is 24.4. The molecular formula is C28H31N5O2. The number of hydrogen-bond donors (Lipinski definition) is 3. The van der Waals surface area contributed by atoms with Crippen LogP contribution in [0.25, 0.3) is 0 Å². The number of imidazole rings is 1. The number of nitrogens with one attached hydrogen (secondary N) is 3. The van der Waals surface area contributed by atoms with E-state index in [-0.39, 0.29) is 29.7 Å². The van der Waals surface area contributed by atoms with Crippen LogP contribution in [0.3, 0.4) is 0 Å². The number of hydrogen-bond acceptors (Lipinski definition) is 5. The summed E-state index contributed by atoms with van der Waals surface area (Å²) in [6.07, 6.45) is 5.33. The van der Waals surface area contributed by atoms with E-state index in [4.69, 9.17) is 0 Å². The normalized spacial score (nSPS) is 18.9. The molecule has 180 valence electrons. The van der Waals surface area contributed by atoms with Crippen molar-refractivity contribution in [1.82, 2.24) is 15.3 Å². The fourth-order valence-electron chi connectivity index (χ4n) is 5.18. The molecule has 1 aliphatic carbocycles. The molecular weight excluding hydrogens is 438 g/mol. The van der Waals surface area contributed by atoms with Crippen LogP contribution in [0.2, 0.25) is 0 Å². The molecule has 1 aromatic heterocycles. The minimum absolute atomic E-state index is 0.0899. The summed E-state index contributed by atoms with van der Waals surface area (Å²) in [5.74, 6) is 0.0444. The van der Waals surface area contributed by atoms with E-state index in [9.17, 15) is 9.59 Å². The lowest BCUT2D eigenvalue weighted by molar-refractivity contribution is -0.120. The Morgan fingerprint density at radius 3 is 2.66 bits per heavy atom. The lowest BCUT2D eigenvalue weighted by Crippen LogP contribution is -2.42. The van der Waals surface area contributed by atoms with Crippen LogP contribution in [0.15, 0.2) is 78.4 Å². The third-order valence-corrected chi connectivity index (χ3v) is 6.70. The van der Waals surface area contributed by atoms with Crippen molar-refractivity contribution in [3.8, 4) is 0 Å². The number of para-hydroxylation sites is 2. The first-order valence-electron chi connectivity index (χ1n) is 12.1. The summed E-state index contributed by atoms with van der Waals surface area (Å²) in [4.78, 5) is 36.0. The Kier molecular flexibility index (Phi) is 6.16. The van der Waals surface area contributed by atoms with Crippen LogP contribution in [0.1, 0.15) is 44.0 Å². The van der Waals surface area contributed by atoms with E-state index >= 15 is 0 Å². The van der Waals surface area contributed by atoms with Gasteiger partial charge in [-0.1, -0.05) is 56.3 Å². The van der Waals surface area contributed by atoms with E-state index in [0.717, 1.165) is 40.3 Å². The molecule has 7 nitrogen and oxygen atoms in total. The van der Waals surface area contributed by atoms with Crippen molar-refractivity contribution in [3.63, 3.8) is 0 Å². The largest absolute Gasteiger partial charge is 0.357 e. The molecule has 1 unspecified atom stereocenters. The van der Waals surface area contributed by atoms with Crippen molar-refractivity contribution in [3.05, 3.63) is 89.6 Å². The number of allylic oxidation sites excluding steroid dienone is 1. The van der Waals surface area contributed by atoms with Gasteiger partial charge in [0.2, 0.25) is 5.91 Å². The van der Waals surface area contributed by atoms with Crippen molar-refractivity contribution < 1.29 is 9.59 Å². The second-order valence-electron chi connectivity index (χ2n) is 10.1. The summed E-state index contributed by atoms with van der Waals surface area (Å²) in [5.41, 5.74) is 5.38. The zero-order valence-electron chi connectivity index (χ0n) is 20.2. The molecule has 1 atom stereocenters.